The second-order valence-electron chi connectivity index (χ2n) is 4.07. The van der Waals surface area contributed by atoms with Gasteiger partial charge in [0.15, 0.2) is 0 Å². The van der Waals surface area contributed by atoms with Gasteiger partial charge in [-0.05, 0) is 17.7 Å². The van der Waals surface area contributed by atoms with E-state index in [4.69, 9.17) is 5.11 Å². The molecule has 5 nitrogen and oxygen atoms in total. The standard InChI is InChI=1S/C12H14N2O3/c1-14-7-6-13-10(11(14)15)8-2-4-9(5-3-8)12(16)17/h2-5,10,13H,6-7H2,1H3,(H,16,17). The van der Waals surface area contributed by atoms with Crippen LogP contribution in [0.5, 0.6) is 0 Å². The van der Waals surface area contributed by atoms with Crippen molar-refractivity contribution in [3.05, 3.63) is 35.4 Å². The molecule has 0 aliphatic carbocycles. The molecule has 1 aromatic carbocycles. The highest BCUT2D eigenvalue weighted by Crippen LogP contribution is 2.18. The van der Waals surface area contributed by atoms with Crippen LogP contribution >= 0.6 is 0 Å². The first kappa shape index (κ1) is 11.6. The highest BCUT2D eigenvalue weighted by atomic mass is 16.4. The Labute approximate surface area is 99.0 Å². The number of nitrogens with zero attached hydrogens (tertiary/aromatic N) is 1. The minimum Gasteiger partial charge on any atom is -0.478 e. The number of likely N-dealkylation sites (N-methyl/N-ethyl adjacent to an activating group) is 1. The van der Waals surface area contributed by atoms with Gasteiger partial charge in [0.25, 0.3) is 0 Å². The number of piperazine rings is 1. The molecular formula is C12H14N2O3. The highest BCUT2D eigenvalue weighted by molar-refractivity contribution is 5.88. The quantitative estimate of drug-likeness (QED) is 0.781. The zero-order chi connectivity index (χ0) is 12.4. The number of carbonyl (C=O) groups excluding carboxylic acids is 1. The Balaban J connectivity index is 2.22. The van der Waals surface area contributed by atoms with Crippen LogP contribution in [0.4, 0.5) is 0 Å². The molecule has 5 heteroatoms. The second-order valence-corrected chi connectivity index (χ2v) is 4.07. The molecule has 0 saturated carbocycles. The Hall–Kier alpha value is -1.88. The number of aromatic carboxylic acids is 1. The molecule has 0 spiro atoms. The fraction of sp³-hybridized carbons (Fsp3) is 0.333. The summed E-state index contributed by atoms with van der Waals surface area (Å²) in [5.41, 5.74) is 1.02. The van der Waals surface area contributed by atoms with Gasteiger partial charge in [0.1, 0.15) is 6.04 Å². The first-order chi connectivity index (χ1) is 8.09. The van der Waals surface area contributed by atoms with Crippen molar-refractivity contribution in [3.63, 3.8) is 0 Å². The van der Waals surface area contributed by atoms with Crippen LogP contribution < -0.4 is 5.32 Å². The zero-order valence-electron chi connectivity index (χ0n) is 9.51. The van der Waals surface area contributed by atoms with E-state index in [0.29, 0.717) is 6.54 Å². The smallest absolute Gasteiger partial charge is 0.335 e. The number of hydrogen-bond donors (Lipinski definition) is 2. The van der Waals surface area contributed by atoms with Crippen LogP contribution in [0.3, 0.4) is 0 Å². The maximum Gasteiger partial charge on any atom is 0.335 e. The summed E-state index contributed by atoms with van der Waals surface area (Å²) in [6.07, 6.45) is 0. The van der Waals surface area contributed by atoms with E-state index in [2.05, 4.69) is 5.32 Å². The molecule has 90 valence electrons. The molecule has 1 amide bonds. The van der Waals surface area contributed by atoms with Crippen LogP contribution in [0.25, 0.3) is 0 Å². The molecule has 1 fully saturated rings. The SMILES string of the molecule is CN1CCNC(c2ccc(C(=O)O)cc2)C1=O. The van der Waals surface area contributed by atoms with Gasteiger partial charge in [-0.25, -0.2) is 4.79 Å². The molecule has 1 saturated heterocycles. The Morgan fingerprint density at radius 1 is 1.41 bits per heavy atom. The van der Waals surface area contributed by atoms with Crippen molar-refractivity contribution in [2.24, 2.45) is 0 Å². The van der Waals surface area contributed by atoms with Gasteiger partial charge in [-0.3, -0.25) is 4.79 Å². The summed E-state index contributed by atoms with van der Waals surface area (Å²) in [6, 6.07) is 6.02. The molecule has 0 aromatic heterocycles. The molecule has 2 N–H and O–H groups in total. The Kier molecular flexibility index (Phi) is 3.10. The van der Waals surface area contributed by atoms with E-state index in [-0.39, 0.29) is 17.5 Å². The topological polar surface area (TPSA) is 69.6 Å². The molecule has 1 aliphatic rings. The van der Waals surface area contributed by atoms with Crippen molar-refractivity contribution in [2.75, 3.05) is 20.1 Å². The van der Waals surface area contributed by atoms with Gasteiger partial charge in [0, 0.05) is 20.1 Å². The summed E-state index contributed by atoms with van der Waals surface area (Å²) >= 11 is 0. The van der Waals surface area contributed by atoms with Gasteiger partial charge in [-0.1, -0.05) is 12.1 Å². The van der Waals surface area contributed by atoms with E-state index >= 15 is 0 Å². The fourth-order valence-corrected chi connectivity index (χ4v) is 1.87. The number of hydrogen-bond acceptors (Lipinski definition) is 3. The van der Waals surface area contributed by atoms with Crippen molar-refractivity contribution in [1.82, 2.24) is 10.2 Å². The molecular weight excluding hydrogens is 220 g/mol. The van der Waals surface area contributed by atoms with Crippen LogP contribution in [0, 0.1) is 0 Å². The molecule has 1 unspecified atom stereocenters. The summed E-state index contributed by atoms with van der Waals surface area (Å²) in [5, 5.41) is 11.9. The molecule has 1 aromatic rings. The van der Waals surface area contributed by atoms with Crippen molar-refractivity contribution in [2.45, 2.75) is 6.04 Å². The van der Waals surface area contributed by atoms with E-state index in [1.54, 1.807) is 24.1 Å². The number of amides is 1. The third kappa shape index (κ3) is 2.29. The van der Waals surface area contributed by atoms with Crippen molar-refractivity contribution >= 4 is 11.9 Å². The molecule has 1 atom stereocenters. The summed E-state index contributed by atoms with van der Waals surface area (Å²) < 4.78 is 0. The van der Waals surface area contributed by atoms with Gasteiger partial charge in [-0.2, -0.15) is 0 Å². The number of carboxylic acids is 1. The van der Waals surface area contributed by atoms with Gasteiger partial charge in [0.2, 0.25) is 5.91 Å². The van der Waals surface area contributed by atoms with Crippen LogP contribution in [0.15, 0.2) is 24.3 Å². The van der Waals surface area contributed by atoms with Gasteiger partial charge in [-0.15, -0.1) is 0 Å². The molecule has 0 radical (unpaired) electrons. The maximum absolute atomic E-state index is 11.9. The first-order valence-corrected chi connectivity index (χ1v) is 5.41. The normalized spacial score (nSPS) is 20.4. The lowest BCUT2D eigenvalue weighted by Gasteiger charge is -2.30. The van der Waals surface area contributed by atoms with Crippen molar-refractivity contribution < 1.29 is 14.7 Å². The third-order valence-corrected chi connectivity index (χ3v) is 2.91. The third-order valence-electron chi connectivity index (χ3n) is 2.91. The predicted molar refractivity (Wildman–Crippen MR) is 61.8 cm³/mol. The fourth-order valence-electron chi connectivity index (χ4n) is 1.87. The summed E-state index contributed by atoms with van der Waals surface area (Å²) in [4.78, 5) is 24.3. The van der Waals surface area contributed by atoms with Gasteiger partial charge in [0.05, 0.1) is 5.56 Å². The molecule has 17 heavy (non-hydrogen) atoms. The zero-order valence-corrected chi connectivity index (χ0v) is 9.51. The van der Waals surface area contributed by atoms with Crippen LogP contribution in [0.1, 0.15) is 22.0 Å². The van der Waals surface area contributed by atoms with Crippen LogP contribution in [-0.2, 0) is 4.79 Å². The number of benzene rings is 1. The Morgan fingerprint density at radius 2 is 2.06 bits per heavy atom. The maximum atomic E-state index is 11.9. The lowest BCUT2D eigenvalue weighted by atomic mass is 10.0. The van der Waals surface area contributed by atoms with Gasteiger partial charge >= 0.3 is 5.97 Å². The first-order valence-electron chi connectivity index (χ1n) is 5.41. The lowest BCUT2D eigenvalue weighted by molar-refractivity contribution is -0.134. The Morgan fingerprint density at radius 3 is 2.65 bits per heavy atom. The minimum atomic E-state index is -0.961. The molecule has 2 rings (SSSR count). The average molecular weight is 234 g/mol. The molecule has 1 heterocycles. The lowest BCUT2D eigenvalue weighted by Crippen LogP contribution is -2.48. The monoisotopic (exact) mass is 234 g/mol. The number of carbonyl (C=O) groups is 2. The van der Waals surface area contributed by atoms with Crippen LogP contribution in [-0.4, -0.2) is 42.0 Å². The van der Waals surface area contributed by atoms with E-state index in [1.807, 2.05) is 0 Å². The van der Waals surface area contributed by atoms with E-state index in [1.165, 1.54) is 12.1 Å². The average Bonchev–Trinajstić information content (AvgIpc) is 2.33. The number of nitrogens with one attached hydrogen (secondary N) is 1. The molecule has 0 bridgehead atoms. The molecule has 1 aliphatic heterocycles. The highest BCUT2D eigenvalue weighted by Gasteiger charge is 2.27. The van der Waals surface area contributed by atoms with Crippen molar-refractivity contribution in [3.8, 4) is 0 Å². The summed E-state index contributed by atoms with van der Waals surface area (Å²) in [6.45, 7) is 1.44. The minimum absolute atomic E-state index is 0.0133. The van der Waals surface area contributed by atoms with Crippen molar-refractivity contribution in [1.29, 1.82) is 0 Å². The van der Waals surface area contributed by atoms with E-state index in [0.717, 1.165) is 12.1 Å². The summed E-state index contributed by atoms with van der Waals surface area (Å²) in [7, 11) is 1.77. The Bertz CT molecular complexity index is 442. The van der Waals surface area contributed by atoms with E-state index in [9.17, 15) is 9.59 Å². The van der Waals surface area contributed by atoms with E-state index < -0.39 is 5.97 Å². The largest absolute Gasteiger partial charge is 0.478 e. The van der Waals surface area contributed by atoms with Crippen LogP contribution in [0.2, 0.25) is 0 Å². The number of rotatable bonds is 2. The van der Waals surface area contributed by atoms with Gasteiger partial charge < -0.3 is 15.3 Å². The number of carboxylic acid groups (broad SMARTS) is 1. The predicted octanol–water partition coefficient (Wildman–Crippen LogP) is 0.487. The summed E-state index contributed by atoms with van der Waals surface area (Å²) in [5.74, 6) is -0.948. The second kappa shape index (κ2) is 4.55.